The number of carbonyl (C=O) groups is 17. The summed E-state index contributed by atoms with van der Waals surface area (Å²) < 4.78 is 0. The van der Waals surface area contributed by atoms with E-state index in [1.165, 1.54) is 37.4 Å². The number of fused-ring (bicyclic) bond motifs is 2. The van der Waals surface area contributed by atoms with E-state index in [9.17, 15) is 117 Å². The Morgan fingerprint density at radius 1 is 0.363 bits per heavy atom. The average molecular weight is 1730 g/mol. The van der Waals surface area contributed by atoms with Crippen molar-refractivity contribution in [1.29, 1.82) is 0 Å². The predicted octanol–water partition coefficient (Wildman–Crippen LogP) is -2.09. The lowest BCUT2D eigenvalue weighted by molar-refractivity contribution is -0.142. The summed E-state index contributed by atoms with van der Waals surface area (Å²) in [5.74, 6) is -22.0. The van der Waals surface area contributed by atoms with Gasteiger partial charge in [0.2, 0.25) is 82.7 Å². The maximum atomic E-state index is 15.0. The van der Waals surface area contributed by atoms with Crippen molar-refractivity contribution in [3.63, 3.8) is 0 Å². The standard InChI is InChI=1S/C83H110N16O24.H3N/c1-40(2)31-57(74(114)94-62(36-66(109)110)77(117)92-61(79(119)97-67(41(3)4)71(84)111)35-49-38-86-54-22-16-14-20-52(49)54)90-75(115)58(33-47-23-25-50(104)26-24-47)91-73(113)56(28-30-65(107)108)88-72(112)55(27-29-64(105)106)89-76(116)60(34-48-37-85-53-21-15-13-19-51(48)53)93-80(120)63(39-100)96-82(122)70(44(8)102)99-78(118)59(32-46-17-11-10-12-18-46)95-81(121)68(42(5)6)98-83(123)69(43(7)101)87-45(9)103;/h10-26,37-38,40-44,55-63,67-70,85-86,100-102,104H,27-36,39H2,1-9H3,(H2,84,111)(H,87,103)(H,88,112)(H,89,116)(H,90,115)(H,91,113)(H,92,117)(H,93,120)(H,94,114)(H,95,121)(H,96,122)(H,97,119)(H,98,123)(H,99,118)(H,105,106)(H,107,108)(H,109,110);1H3/t43-,44-,55+,56+,57+,58+,59+,60+,61+,62+,63+,67+,68+,69+,70+;/m1./s1. The van der Waals surface area contributed by atoms with Crippen molar-refractivity contribution in [3.8, 4) is 5.75 Å². The van der Waals surface area contributed by atoms with Gasteiger partial charge in [-0.1, -0.05) is 120 Å². The van der Waals surface area contributed by atoms with Gasteiger partial charge >= 0.3 is 17.9 Å². The van der Waals surface area contributed by atoms with Crippen LogP contribution in [0.4, 0.5) is 0 Å². The van der Waals surface area contributed by atoms with Crippen LogP contribution in [-0.2, 0) is 107 Å². The number of H-pyrrole nitrogens is 2. The van der Waals surface area contributed by atoms with Crippen molar-refractivity contribution in [2.75, 3.05) is 6.61 Å². The van der Waals surface area contributed by atoms with Crippen molar-refractivity contribution in [2.45, 2.75) is 217 Å². The molecular formula is C83H113N17O24. The number of hydrogen-bond donors (Lipinski definition) is 24. The molecule has 4 aromatic carbocycles. The SMILES string of the molecule is CC(=O)N[C@H](C(=O)N[C@H](C(=O)N[C@@H](Cc1ccccc1)C(=O)N[C@H](C(=O)N[C@@H](CO)C(=O)N[C@@H](Cc1c[nH]c2ccccc12)C(=O)N[C@@H](CCC(=O)O)C(=O)N[C@@H](CCC(=O)O)C(=O)N[C@@H](Cc1ccc(O)cc1)C(=O)N[C@@H](CC(C)C)C(=O)N[C@@H](CC(=O)O)C(=O)N[C@@H](Cc1c[nH]c2ccccc12)C(=O)N[C@H](C(N)=O)C(C)C)[C@@H](C)O)C(C)C)[C@@H](C)O.N. The molecule has 0 saturated carbocycles. The van der Waals surface area contributed by atoms with Crippen molar-refractivity contribution < 1.29 is 117 Å². The van der Waals surface area contributed by atoms with Gasteiger partial charge in [-0.3, -0.25) is 81.5 Å². The summed E-state index contributed by atoms with van der Waals surface area (Å²) in [5.41, 5.74) is 8.35. The number of carboxylic acid groups (broad SMARTS) is 3. The summed E-state index contributed by atoms with van der Waals surface area (Å²) >= 11 is 0. The molecular weight excluding hydrogens is 1620 g/mol. The van der Waals surface area contributed by atoms with E-state index in [1.807, 2.05) is 0 Å². The minimum Gasteiger partial charge on any atom is -0.508 e. The van der Waals surface area contributed by atoms with Crippen LogP contribution in [0.3, 0.4) is 0 Å². The number of phenols is 1. The predicted molar refractivity (Wildman–Crippen MR) is 447 cm³/mol. The van der Waals surface area contributed by atoms with Gasteiger partial charge in [0.25, 0.3) is 0 Å². The fraction of sp³-hybridized carbons (Fsp3) is 0.458. The number of aromatic hydroxyl groups is 1. The van der Waals surface area contributed by atoms with E-state index in [4.69, 9.17) is 5.73 Å². The largest absolute Gasteiger partial charge is 0.508 e. The number of aliphatic hydroxyl groups is 3. The Balaban J connectivity index is 0.0000273. The Morgan fingerprint density at radius 2 is 0.694 bits per heavy atom. The molecule has 124 heavy (non-hydrogen) atoms. The van der Waals surface area contributed by atoms with E-state index in [-0.39, 0.29) is 36.7 Å². The molecule has 0 bridgehead atoms. The van der Waals surface area contributed by atoms with Gasteiger partial charge in [-0.15, -0.1) is 0 Å². The second kappa shape index (κ2) is 48.3. The second-order valence-electron chi connectivity index (χ2n) is 31.0. The maximum Gasteiger partial charge on any atom is 0.305 e. The first-order valence-corrected chi connectivity index (χ1v) is 39.8. The molecule has 0 saturated heterocycles. The first-order chi connectivity index (χ1) is 58.0. The smallest absolute Gasteiger partial charge is 0.305 e. The molecule has 6 rings (SSSR count). The van der Waals surface area contributed by atoms with Crippen LogP contribution in [0.2, 0.25) is 0 Å². The molecule has 674 valence electrons. The van der Waals surface area contributed by atoms with E-state index < -0.39 is 261 Å². The molecule has 41 nitrogen and oxygen atoms in total. The normalized spacial score (nSPS) is 14.9. The van der Waals surface area contributed by atoms with Crippen LogP contribution >= 0.6 is 0 Å². The number of phenolic OH excluding ortho intramolecular Hbond substituents is 1. The number of aliphatic carboxylic acids is 3. The molecule has 0 spiro atoms. The van der Waals surface area contributed by atoms with Crippen LogP contribution < -0.4 is 81.0 Å². The number of aromatic nitrogens is 2. The highest BCUT2D eigenvalue weighted by atomic mass is 16.4. The highest BCUT2D eigenvalue weighted by molar-refractivity contribution is 6.02. The molecule has 41 heteroatoms. The molecule has 2 heterocycles. The Bertz CT molecular complexity index is 4740. The number of aliphatic hydroxyl groups excluding tert-OH is 3. The zero-order valence-electron chi connectivity index (χ0n) is 70.0. The first kappa shape index (κ1) is 101. The molecule has 6 aromatic rings. The third-order valence-corrected chi connectivity index (χ3v) is 19.8. The molecule has 0 unspecified atom stereocenters. The zero-order chi connectivity index (χ0) is 91.2. The highest BCUT2D eigenvalue weighted by Crippen LogP contribution is 2.23. The van der Waals surface area contributed by atoms with Gasteiger partial charge in [0.15, 0.2) is 0 Å². The summed E-state index contributed by atoms with van der Waals surface area (Å²) in [6.45, 7) is 11.8. The lowest BCUT2D eigenvalue weighted by Crippen LogP contribution is -2.63. The van der Waals surface area contributed by atoms with Crippen molar-refractivity contribution >= 4 is 122 Å². The van der Waals surface area contributed by atoms with Crippen LogP contribution in [0.25, 0.3) is 21.8 Å². The number of aromatic amines is 2. The summed E-state index contributed by atoms with van der Waals surface area (Å²) in [7, 11) is 0. The minimum atomic E-state index is -2.04. The molecule has 2 aromatic heterocycles. The molecule has 0 aliphatic carbocycles. The first-order valence-electron chi connectivity index (χ1n) is 39.8. The van der Waals surface area contributed by atoms with Crippen LogP contribution in [-0.4, -0.2) is 244 Å². The molecule has 14 amide bonds. The number of carboxylic acids is 3. The number of amides is 14. The van der Waals surface area contributed by atoms with Gasteiger partial charge in [-0.25, -0.2) is 0 Å². The molecule has 15 atom stereocenters. The topological polar surface area (TPSA) is 681 Å². The van der Waals surface area contributed by atoms with E-state index in [0.717, 1.165) is 13.8 Å². The molecule has 0 aliphatic rings. The number of rotatable bonds is 49. The monoisotopic (exact) mass is 1730 g/mol. The van der Waals surface area contributed by atoms with Gasteiger partial charge in [-0.2, -0.15) is 0 Å². The molecule has 0 aliphatic heterocycles. The molecule has 0 radical (unpaired) electrons. The highest BCUT2D eigenvalue weighted by Gasteiger charge is 2.41. The van der Waals surface area contributed by atoms with Crippen LogP contribution in [0.1, 0.15) is 123 Å². The molecule has 27 N–H and O–H groups in total. The Hall–Kier alpha value is -13.4. The molecule has 0 fully saturated rings. The van der Waals surface area contributed by atoms with E-state index in [0.29, 0.717) is 38.5 Å². The fourth-order valence-corrected chi connectivity index (χ4v) is 13.3. The number of primary amides is 1. The van der Waals surface area contributed by atoms with Crippen LogP contribution in [0.5, 0.6) is 5.75 Å². The zero-order valence-corrected chi connectivity index (χ0v) is 70.0. The Kier molecular flexibility index (Phi) is 39.4. The second-order valence-corrected chi connectivity index (χ2v) is 31.0. The lowest BCUT2D eigenvalue weighted by atomic mass is 9.99. The van der Waals surface area contributed by atoms with E-state index in [2.05, 4.69) is 79.1 Å². The minimum absolute atomic E-state index is 0. The summed E-state index contributed by atoms with van der Waals surface area (Å²) in [6.07, 6.45) is -6.27. The number of nitrogens with one attached hydrogen (secondary N) is 15. The number of carbonyl (C=O) groups excluding carboxylic acids is 14. The van der Waals surface area contributed by atoms with E-state index in [1.54, 1.807) is 127 Å². The summed E-state index contributed by atoms with van der Waals surface area (Å²) in [6, 6.07) is 4.30. The quantitative estimate of drug-likeness (QED) is 0.0195. The lowest BCUT2D eigenvalue weighted by Gasteiger charge is -2.29. The van der Waals surface area contributed by atoms with Gasteiger partial charge < -0.3 is 127 Å². The summed E-state index contributed by atoms with van der Waals surface area (Å²) in [5, 5.41) is 105. The Labute approximate surface area is 712 Å². The maximum absolute atomic E-state index is 15.0. The van der Waals surface area contributed by atoms with Gasteiger partial charge in [-0.05, 0) is 97.4 Å². The fourth-order valence-electron chi connectivity index (χ4n) is 13.3. The van der Waals surface area contributed by atoms with Gasteiger partial charge in [0, 0.05) is 79.6 Å². The number of hydrogen-bond acceptors (Lipinski definition) is 22. The van der Waals surface area contributed by atoms with Crippen LogP contribution in [0.15, 0.2) is 116 Å². The third kappa shape index (κ3) is 31.2. The average Bonchev–Trinajstić information content (AvgIpc) is 1.71. The summed E-state index contributed by atoms with van der Waals surface area (Å²) in [4.78, 5) is 241. The Morgan fingerprint density at radius 3 is 1.11 bits per heavy atom. The number of para-hydroxylation sites is 2. The van der Waals surface area contributed by atoms with Crippen molar-refractivity contribution in [2.24, 2.45) is 23.5 Å². The van der Waals surface area contributed by atoms with E-state index >= 15 is 0 Å². The van der Waals surface area contributed by atoms with Gasteiger partial charge in [0.05, 0.1) is 25.2 Å². The number of nitrogens with two attached hydrogens (primary N) is 1. The number of benzene rings is 4. The van der Waals surface area contributed by atoms with Crippen LogP contribution in [0, 0.1) is 17.8 Å². The van der Waals surface area contributed by atoms with Gasteiger partial charge in [0.1, 0.15) is 84.3 Å². The van der Waals surface area contributed by atoms with Crippen molar-refractivity contribution in [3.05, 3.63) is 138 Å². The third-order valence-electron chi connectivity index (χ3n) is 19.8. The van der Waals surface area contributed by atoms with Crippen molar-refractivity contribution in [1.82, 2.24) is 85.2 Å².